The molecule has 0 unspecified atom stereocenters. The van der Waals surface area contributed by atoms with E-state index in [-0.39, 0.29) is 11.7 Å². The smallest absolute Gasteiger partial charge is 0.305 e. The molecule has 1 saturated heterocycles. The first-order chi connectivity index (χ1) is 10.2. The van der Waals surface area contributed by atoms with Gasteiger partial charge in [0.05, 0.1) is 17.6 Å². The lowest BCUT2D eigenvalue weighted by Crippen LogP contribution is -2.57. The molecule has 0 saturated carbocycles. The maximum Gasteiger partial charge on any atom is 0.305 e. The fourth-order valence-corrected chi connectivity index (χ4v) is 3.72. The van der Waals surface area contributed by atoms with Crippen LogP contribution in [0.5, 0.6) is 0 Å². The lowest BCUT2D eigenvalue weighted by Gasteiger charge is -2.39. The molecule has 7 nitrogen and oxygen atoms in total. The standard InChI is InChI=1S/C14H27N3O4S/c1-14(2)11-17(9-10-22(14,19)20)13(15-3)16-8-6-5-7-12(18)21-4/h5-11H2,1-4H3,(H,15,16). The van der Waals surface area contributed by atoms with Gasteiger partial charge < -0.3 is 15.0 Å². The number of ether oxygens (including phenoxy) is 1. The van der Waals surface area contributed by atoms with Crippen LogP contribution in [0, 0.1) is 0 Å². The van der Waals surface area contributed by atoms with E-state index in [1.807, 2.05) is 4.90 Å². The summed E-state index contributed by atoms with van der Waals surface area (Å²) >= 11 is 0. The molecule has 1 aliphatic heterocycles. The van der Waals surface area contributed by atoms with Gasteiger partial charge in [-0.1, -0.05) is 0 Å². The molecule has 0 radical (unpaired) electrons. The van der Waals surface area contributed by atoms with Gasteiger partial charge in [-0.2, -0.15) is 0 Å². The van der Waals surface area contributed by atoms with Gasteiger partial charge in [0.25, 0.3) is 0 Å². The normalized spacial score (nSPS) is 20.5. The highest BCUT2D eigenvalue weighted by Gasteiger charge is 2.40. The van der Waals surface area contributed by atoms with Gasteiger partial charge in [0.15, 0.2) is 15.8 Å². The van der Waals surface area contributed by atoms with Crippen molar-refractivity contribution in [2.45, 2.75) is 37.9 Å². The molecule has 0 aromatic rings. The SMILES string of the molecule is CN=C(NCCCCC(=O)OC)N1CCS(=O)(=O)C(C)(C)C1. The number of hydrogen-bond donors (Lipinski definition) is 1. The Balaban J connectivity index is 2.45. The van der Waals surface area contributed by atoms with Gasteiger partial charge in [0.2, 0.25) is 0 Å². The third-order valence-electron chi connectivity index (χ3n) is 3.87. The number of rotatable bonds is 5. The number of esters is 1. The number of nitrogens with one attached hydrogen (secondary N) is 1. The summed E-state index contributed by atoms with van der Waals surface area (Å²) in [5.74, 6) is 0.650. The average molecular weight is 333 g/mol. The Morgan fingerprint density at radius 1 is 1.36 bits per heavy atom. The molecular weight excluding hydrogens is 306 g/mol. The highest BCUT2D eigenvalue weighted by molar-refractivity contribution is 7.92. The summed E-state index contributed by atoms with van der Waals surface area (Å²) in [6.07, 6.45) is 1.98. The zero-order valence-corrected chi connectivity index (χ0v) is 14.7. The third-order valence-corrected chi connectivity index (χ3v) is 6.41. The predicted molar refractivity (Wildman–Crippen MR) is 86.7 cm³/mol. The van der Waals surface area contributed by atoms with Crippen LogP contribution in [-0.4, -0.2) is 69.5 Å². The first-order valence-corrected chi connectivity index (χ1v) is 9.13. The van der Waals surface area contributed by atoms with Crippen molar-refractivity contribution in [2.75, 3.05) is 39.5 Å². The number of carbonyl (C=O) groups is 1. The first-order valence-electron chi connectivity index (χ1n) is 7.48. The maximum atomic E-state index is 12.0. The van der Waals surface area contributed by atoms with Crippen LogP contribution in [0.25, 0.3) is 0 Å². The second-order valence-corrected chi connectivity index (χ2v) is 8.75. The van der Waals surface area contributed by atoms with Crippen molar-refractivity contribution in [3.63, 3.8) is 0 Å². The van der Waals surface area contributed by atoms with E-state index in [0.717, 1.165) is 12.8 Å². The van der Waals surface area contributed by atoms with E-state index in [1.165, 1.54) is 7.11 Å². The molecule has 1 fully saturated rings. The molecular formula is C14H27N3O4S. The lowest BCUT2D eigenvalue weighted by atomic mass is 10.2. The van der Waals surface area contributed by atoms with Crippen molar-refractivity contribution in [1.29, 1.82) is 0 Å². The van der Waals surface area contributed by atoms with Crippen LogP contribution in [0.1, 0.15) is 33.1 Å². The number of carbonyl (C=O) groups excluding carboxylic acids is 1. The molecule has 128 valence electrons. The van der Waals surface area contributed by atoms with E-state index in [2.05, 4.69) is 15.0 Å². The summed E-state index contributed by atoms with van der Waals surface area (Å²) in [5.41, 5.74) is 0. The van der Waals surface area contributed by atoms with Crippen molar-refractivity contribution in [1.82, 2.24) is 10.2 Å². The monoisotopic (exact) mass is 333 g/mol. The number of aliphatic imine (C=N–C) groups is 1. The van der Waals surface area contributed by atoms with Crippen LogP contribution < -0.4 is 5.32 Å². The molecule has 8 heteroatoms. The Morgan fingerprint density at radius 3 is 2.59 bits per heavy atom. The fraction of sp³-hybridized carbons (Fsp3) is 0.857. The molecule has 0 aliphatic carbocycles. The van der Waals surface area contributed by atoms with Gasteiger partial charge in [-0.25, -0.2) is 8.42 Å². The largest absolute Gasteiger partial charge is 0.469 e. The molecule has 0 aromatic carbocycles. The molecule has 0 bridgehead atoms. The van der Waals surface area contributed by atoms with Gasteiger partial charge in [-0.05, 0) is 26.7 Å². The maximum absolute atomic E-state index is 12.0. The van der Waals surface area contributed by atoms with E-state index in [0.29, 0.717) is 32.0 Å². The molecule has 1 rings (SSSR count). The Labute approximate surface area is 133 Å². The van der Waals surface area contributed by atoms with Crippen LogP contribution in [-0.2, 0) is 19.4 Å². The molecule has 1 N–H and O–H groups in total. The fourth-order valence-electron chi connectivity index (χ4n) is 2.35. The summed E-state index contributed by atoms with van der Waals surface area (Å²) < 4.78 is 27.9. The Hall–Kier alpha value is -1.31. The van der Waals surface area contributed by atoms with Crippen LogP contribution in [0.4, 0.5) is 0 Å². The van der Waals surface area contributed by atoms with Crippen molar-refractivity contribution in [3.8, 4) is 0 Å². The molecule has 22 heavy (non-hydrogen) atoms. The number of nitrogens with zero attached hydrogens (tertiary/aromatic N) is 2. The molecule has 0 amide bonds. The van der Waals surface area contributed by atoms with E-state index in [4.69, 9.17) is 0 Å². The van der Waals surface area contributed by atoms with Gasteiger partial charge >= 0.3 is 5.97 Å². The average Bonchev–Trinajstić information content (AvgIpc) is 2.45. The van der Waals surface area contributed by atoms with E-state index in [1.54, 1.807) is 20.9 Å². The molecule has 0 aromatic heterocycles. The minimum atomic E-state index is -3.05. The van der Waals surface area contributed by atoms with Crippen molar-refractivity contribution in [3.05, 3.63) is 0 Å². The van der Waals surface area contributed by atoms with Gasteiger partial charge in [0.1, 0.15) is 0 Å². The first kappa shape index (κ1) is 18.7. The minimum absolute atomic E-state index is 0.142. The van der Waals surface area contributed by atoms with E-state index >= 15 is 0 Å². The van der Waals surface area contributed by atoms with Gasteiger partial charge in [0, 0.05) is 33.1 Å². The Morgan fingerprint density at radius 2 is 2.05 bits per heavy atom. The van der Waals surface area contributed by atoms with Crippen molar-refractivity contribution < 1.29 is 17.9 Å². The summed E-state index contributed by atoms with van der Waals surface area (Å²) in [7, 11) is 0.0179. The van der Waals surface area contributed by atoms with Gasteiger partial charge in [-0.15, -0.1) is 0 Å². The van der Waals surface area contributed by atoms with E-state index < -0.39 is 14.6 Å². The van der Waals surface area contributed by atoms with E-state index in [9.17, 15) is 13.2 Å². The number of sulfone groups is 1. The van der Waals surface area contributed by atoms with Crippen LogP contribution >= 0.6 is 0 Å². The number of hydrogen-bond acceptors (Lipinski definition) is 5. The Bertz CT molecular complexity index is 514. The highest BCUT2D eigenvalue weighted by atomic mass is 32.2. The molecule has 0 spiro atoms. The zero-order valence-electron chi connectivity index (χ0n) is 13.9. The van der Waals surface area contributed by atoms with Gasteiger partial charge in [-0.3, -0.25) is 9.79 Å². The van der Waals surface area contributed by atoms with Crippen LogP contribution in [0.3, 0.4) is 0 Å². The second kappa shape index (κ2) is 7.80. The summed E-state index contributed by atoms with van der Waals surface area (Å²) in [4.78, 5) is 17.2. The highest BCUT2D eigenvalue weighted by Crippen LogP contribution is 2.23. The molecule has 1 heterocycles. The second-order valence-electron chi connectivity index (χ2n) is 6.01. The third kappa shape index (κ3) is 4.86. The van der Waals surface area contributed by atoms with Crippen LogP contribution in [0.2, 0.25) is 0 Å². The topological polar surface area (TPSA) is 88.1 Å². The predicted octanol–water partition coefficient (Wildman–Crippen LogP) is 0.414. The summed E-state index contributed by atoms with van der Waals surface area (Å²) in [6.45, 7) is 5.06. The zero-order chi connectivity index (χ0) is 16.8. The number of methoxy groups -OCH3 is 1. The Kier molecular flexibility index (Phi) is 6.65. The quantitative estimate of drug-likeness (QED) is 0.339. The van der Waals surface area contributed by atoms with Crippen LogP contribution in [0.15, 0.2) is 4.99 Å². The number of guanidine groups is 1. The van der Waals surface area contributed by atoms with Crippen molar-refractivity contribution in [2.24, 2.45) is 4.99 Å². The minimum Gasteiger partial charge on any atom is -0.469 e. The molecule has 0 atom stereocenters. The molecule has 1 aliphatic rings. The van der Waals surface area contributed by atoms with Crippen molar-refractivity contribution >= 4 is 21.8 Å². The summed E-state index contributed by atoms with van der Waals surface area (Å²) in [6, 6.07) is 0. The number of unbranched alkanes of at least 4 members (excludes halogenated alkanes) is 1. The lowest BCUT2D eigenvalue weighted by molar-refractivity contribution is -0.140. The summed E-state index contributed by atoms with van der Waals surface area (Å²) in [5, 5.41) is 3.22.